The SMILES string of the molecule is CCCCCCCCCCCCOP(=O)(OCC(C)CC(C)(C)C)c1ccccc1. The van der Waals surface area contributed by atoms with Crippen LogP contribution in [0, 0.1) is 11.3 Å². The number of unbranched alkanes of at least 4 members (excludes halogenated alkanes) is 9. The lowest BCUT2D eigenvalue weighted by Gasteiger charge is -2.25. The fraction of sp³-hybridized carbons (Fsp3) is 0.769. The van der Waals surface area contributed by atoms with Crippen molar-refractivity contribution in [1.82, 2.24) is 0 Å². The summed E-state index contributed by atoms with van der Waals surface area (Å²) >= 11 is 0. The summed E-state index contributed by atoms with van der Waals surface area (Å²) in [6, 6.07) is 9.43. The van der Waals surface area contributed by atoms with Crippen molar-refractivity contribution in [3.63, 3.8) is 0 Å². The third kappa shape index (κ3) is 12.9. The van der Waals surface area contributed by atoms with Crippen LogP contribution in [-0.4, -0.2) is 13.2 Å². The van der Waals surface area contributed by atoms with Gasteiger partial charge in [-0.3, -0.25) is 4.57 Å². The third-order valence-corrected chi connectivity index (χ3v) is 7.26. The summed E-state index contributed by atoms with van der Waals surface area (Å²) in [5, 5.41) is 0.667. The zero-order valence-corrected chi connectivity index (χ0v) is 21.2. The average molecular weight is 439 g/mol. The molecular weight excluding hydrogens is 391 g/mol. The molecule has 0 aliphatic carbocycles. The van der Waals surface area contributed by atoms with E-state index in [0.717, 1.165) is 19.3 Å². The molecule has 0 heterocycles. The minimum atomic E-state index is -3.27. The van der Waals surface area contributed by atoms with Crippen molar-refractivity contribution in [2.75, 3.05) is 13.2 Å². The second-order valence-electron chi connectivity index (χ2n) is 10.0. The predicted octanol–water partition coefficient (Wildman–Crippen LogP) is 8.53. The molecule has 0 amide bonds. The van der Waals surface area contributed by atoms with Gasteiger partial charge in [0.1, 0.15) is 0 Å². The standard InChI is InChI=1S/C26H47O3P/c1-6-7-8-9-10-11-12-13-14-18-21-28-30(27,25-19-16-15-17-20-25)29-23-24(2)22-26(3,4)5/h15-17,19-20,24H,6-14,18,21-23H2,1-5H3. The third-order valence-electron chi connectivity index (χ3n) is 5.32. The summed E-state index contributed by atoms with van der Waals surface area (Å²) in [5.74, 6) is 0.336. The second kappa shape index (κ2) is 15.2. The van der Waals surface area contributed by atoms with E-state index in [1.807, 2.05) is 30.3 Å². The average Bonchev–Trinajstić information content (AvgIpc) is 2.70. The van der Waals surface area contributed by atoms with Crippen LogP contribution in [0.3, 0.4) is 0 Å². The van der Waals surface area contributed by atoms with E-state index in [-0.39, 0.29) is 5.41 Å². The van der Waals surface area contributed by atoms with E-state index in [4.69, 9.17) is 9.05 Å². The van der Waals surface area contributed by atoms with Crippen molar-refractivity contribution in [2.24, 2.45) is 11.3 Å². The van der Waals surface area contributed by atoms with Crippen LogP contribution < -0.4 is 5.30 Å². The highest BCUT2D eigenvalue weighted by atomic mass is 31.2. The largest absolute Gasteiger partial charge is 0.361 e. The summed E-state index contributed by atoms with van der Waals surface area (Å²) in [6.45, 7) is 12.0. The maximum Gasteiger partial charge on any atom is 0.361 e. The van der Waals surface area contributed by atoms with Crippen molar-refractivity contribution < 1.29 is 13.6 Å². The lowest BCUT2D eigenvalue weighted by molar-refractivity contribution is 0.167. The monoisotopic (exact) mass is 438 g/mol. The molecular formula is C26H47O3P. The minimum absolute atomic E-state index is 0.233. The zero-order valence-electron chi connectivity index (χ0n) is 20.3. The molecule has 0 saturated carbocycles. The predicted molar refractivity (Wildman–Crippen MR) is 131 cm³/mol. The summed E-state index contributed by atoms with van der Waals surface area (Å²) in [5.41, 5.74) is 0.233. The van der Waals surface area contributed by atoms with Gasteiger partial charge in [-0.25, -0.2) is 0 Å². The Morgan fingerprint density at radius 3 is 1.90 bits per heavy atom. The van der Waals surface area contributed by atoms with Gasteiger partial charge in [-0.15, -0.1) is 0 Å². The first kappa shape index (κ1) is 27.4. The van der Waals surface area contributed by atoms with Gasteiger partial charge in [-0.05, 0) is 36.3 Å². The zero-order chi connectivity index (χ0) is 22.3. The molecule has 30 heavy (non-hydrogen) atoms. The summed E-state index contributed by atoms with van der Waals surface area (Å²) in [4.78, 5) is 0. The first-order valence-electron chi connectivity index (χ1n) is 12.2. The molecule has 0 saturated heterocycles. The molecule has 0 aliphatic heterocycles. The van der Waals surface area contributed by atoms with Gasteiger partial charge < -0.3 is 9.05 Å². The smallest absolute Gasteiger partial charge is 0.305 e. The van der Waals surface area contributed by atoms with Crippen molar-refractivity contribution in [1.29, 1.82) is 0 Å². The van der Waals surface area contributed by atoms with E-state index in [1.54, 1.807) is 0 Å². The van der Waals surface area contributed by atoms with Gasteiger partial charge in [0.15, 0.2) is 0 Å². The lowest BCUT2D eigenvalue weighted by Crippen LogP contribution is -2.18. The Morgan fingerprint density at radius 2 is 1.37 bits per heavy atom. The molecule has 0 bridgehead atoms. The van der Waals surface area contributed by atoms with Crippen LogP contribution in [0.25, 0.3) is 0 Å². The van der Waals surface area contributed by atoms with Crippen LogP contribution in [0.4, 0.5) is 0 Å². The molecule has 4 heteroatoms. The summed E-state index contributed by atoms with van der Waals surface area (Å²) < 4.78 is 25.4. The second-order valence-corrected chi connectivity index (χ2v) is 12.0. The minimum Gasteiger partial charge on any atom is -0.305 e. The highest BCUT2D eigenvalue weighted by Crippen LogP contribution is 2.48. The first-order valence-corrected chi connectivity index (χ1v) is 13.8. The Kier molecular flexibility index (Phi) is 13.9. The topological polar surface area (TPSA) is 35.5 Å². The van der Waals surface area contributed by atoms with E-state index in [2.05, 4.69) is 34.6 Å². The molecule has 174 valence electrons. The summed E-state index contributed by atoms with van der Waals surface area (Å²) in [6.07, 6.45) is 13.8. The van der Waals surface area contributed by atoms with Crippen LogP contribution in [0.5, 0.6) is 0 Å². The van der Waals surface area contributed by atoms with Gasteiger partial charge in [0, 0.05) is 0 Å². The Hall–Kier alpha value is -0.630. The highest BCUT2D eigenvalue weighted by molar-refractivity contribution is 7.62. The maximum atomic E-state index is 13.5. The Balaban J connectivity index is 2.37. The van der Waals surface area contributed by atoms with Gasteiger partial charge in [0.25, 0.3) is 0 Å². The van der Waals surface area contributed by atoms with Gasteiger partial charge in [-0.2, -0.15) is 0 Å². The van der Waals surface area contributed by atoms with Gasteiger partial charge in [-0.1, -0.05) is 111 Å². The van der Waals surface area contributed by atoms with E-state index in [0.29, 0.717) is 24.4 Å². The van der Waals surface area contributed by atoms with Crippen molar-refractivity contribution in [3.05, 3.63) is 30.3 Å². The molecule has 1 aromatic carbocycles. The highest BCUT2D eigenvalue weighted by Gasteiger charge is 2.28. The Morgan fingerprint density at radius 1 is 0.833 bits per heavy atom. The van der Waals surface area contributed by atoms with Crippen molar-refractivity contribution in [2.45, 2.75) is 105 Å². The van der Waals surface area contributed by atoms with Gasteiger partial charge >= 0.3 is 7.60 Å². The molecule has 0 spiro atoms. The van der Waals surface area contributed by atoms with Crippen LogP contribution in [0.15, 0.2) is 30.3 Å². The molecule has 0 radical (unpaired) electrons. The molecule has 1 rings (SSSR count). The van der Waals surface area contributed by atoms with Crippen LogP contribution in [0.2, 0.25) is 0 Å². The van der Waals surface area contributed by atoms with E-state index in [9.17, 15) is 4.57 Å². The molecule has 1 aromatic rings. The number of benzene rings is 1. The Labute approximate surface area is 186 Å². The molecule has 0 aliphatic rings. The lowest BCUT2D eigenvalue weighted by atomic mass is 9.86. The van der Waals surface area contributed by atoms with Crippen LogP contribution >= 0.6 is 7.60 Å². The first-order chi connectivity index (χ1) is 14.3. The fourth-order valence-electron chi connectivity index (χ4n) is 3.90. The molecule has 0 N–H and O–H groups in total. The number of hydrogen-bond acceptors (Lipinski definition) is 3. The molecule has 2 atom stereocenters. The molecule has 2 unspecified atom stereocenters. The van der Waals surface area contributed by atoms with Crippen molar-refractivity contribution in [3.8, 4) is 0 Å². The molecule has 0 aromatic heterocycles. The van der Waals surface area contributed by atoms with Gasteiger partial charge in [0.05, 0.1) is 18.5 Å². The van der Waals surface area contributed by atoms with Crippen LogP contribution in [-0.2, 0) is 13.6 Å². The molecule has 3 nitrogen and oxygen atoms in total. The van der Waals surface area contributed by atoms with Gasteiger partial charge in [0.2, 0.25) is 0 Å². The van der Waals surface area contributed by atoms with E-state index < -0.39 is 7.60 Å². The quantitative estimate of drug-likeness (QED) is 0.180. The Bertz CT molecular complexity index is 580. The normalized spacial score (nSPS) is 15.1. The maximum absolute atomic E-state index is 13.5. The molecule has 0 fully saturated rings. The summed E-state index contributed by atoms with van der Waals surface area (Å²) in [7, 11) is -3.27. The number of hydrogen-bond donors (Lipinski definition) is 0. The van der Waals surface area contributed by atoms with E-state index in [1.165, 1.54) is 51.4 Å². The fourth-order valence-corrected chi connectivity index (χ4v) is 5.63. The van der Waals surface area contributed by atoms with Crippen molar-refractivity contribution >= 4 is 12.9 Å². The van der Waals surface area contributed by atoms with Crippen LogP contribution in [0.1, 0.15) is 105 Å². The van der Waals surface area contributed by atoms with E-state index >= 15 is 0 Å². The number of rotatable bonds is 17.